The minimum atomic E-state index is -4.39. The van der Waals surface area contributed by atoms with E-state index >= 15 is 0 Å². The molecular weight excluding hydrogens is 463 g/mol. The number of rotatable bonds is 10. The fourth-order valence-corrected chi connectivity index (χ4v) is 4.37. The lowest BCUT2D eigenvalue weighted by molar-refractivity contribution is -0.137. The molecule has 188 valence electrons. The number of alkyl halides is 3. The monoisotopic (exact) mass is 493 g/mol. The summed E-state index contributed by atoms with van der Waals surface area (Å²) >= 11 is 0. The molecule has 6 heteroatoms. The molecule has 36 heavy (non-hydrogen) atoms. The molecule has 0 aliphatic heterocycles. The van der Waals surface area contributed by atoms with Gasteiger partial charge in [0.1, 0.15) is 18.5 Å². The summed E-state index contributed by atoms with van der Waals surface area (Å²) in [6.45, 7) is 3.72. The average Bonchev–Trinajstić information content (AvgIpc) is 3.32. The summed E-state index contributed by atoms with van der Waals surface area (Å²) < 4.78 is 44.0. The molecule has 0 saturated heterocycles. The number of aryl methyl sites for hydroxylation is 1. The van der Waals surface area contributed by atoms with E-state index in [4.69, 9.17) is 4.74 Å². The van der Waals surface area contributed by atoms with Crippen LogP contribution in [0.1, 0.15) is 28.7 Å². The molecule has 1 aliphatic carbocycles. The zero-order valence-electron chi connectivity index (χ0n) is 20.2. The zero-order chi connectivity index (χ0) is 25.5. The molecule has 1 aliphatic rings. The van der Waals surface area contributed by atoms with E-state index < -0.39 is 17.8 Å². The third-order valence-electron chi connectivity index (χ3n) is 6.26. The Morgan fingerprint density at radius 3 is 2.28 bits per heavy atom. The lowest BCUT2D eigenvalue weighted by Gasteiger charge is -2.27. The van der Waals surface area contributed by atoms with Crippen molar-refractivity contribution in [3.8, 4) is 5.75 Å². The maximum Gasteiger partial charge on any atom is 0.416 e. The van der Waals surface area contributed by atoms with Crippen LogP contribution in [-0.4, -0.2) is 35.8 Å². The summed E-state index contributed by atoms with van der Waals surface area (Å²) in [5.41, 5.74) is 5.22. The molecule has 3 aromatic carbocycles. The number of hydrogen-bond donors (Lipinski definition) is 1. The fraction of sp³-hybridized carbons (Fsp3) is 0.267. The lowest BCUT2D eigenvalue weighted by Crippen LogP contribution is -2.36. The van der Waals surface area contributed by atoms with Crippen LogP contribution in [0.15, 0.2) is 96.6 Å². The number of nitrogens with zero attached hydrogens (tertiary/aromatic N) is 1. The molecule has 0 spiro atoms. The van der Waals surface area contributed by atoms with Gasteiger partial charge in [0.05, 0.1) is 5.56 Å². The van der Waals surface area contributed by atoms with Crippen molar-refractivity contribution in [1.82, 2.24) is 4.90 Å². The van der Waals surface area contributed by atoms with Crippen LogP contribution in [0.3, 0.4) is 0 Å². The number of aliphatic hydroxyl groups excluding tert-OH is 1. The topological polar surface area (TPSA) is 32.7 Å². The first-order chi connectivity index (χ1) is 17.3. The SMILES string of the molecule is Cc1ccccc1CN(CC1=CCC=C1c1ccccc1)CC(O)COc1ccc(C(F)(F)F)cc1. The highest BCUT2D eigenvalue weighted by Crippen LogP contribution is 2.31. The zero-order valence-corrected chi connectivity index (χ0v) is 20.2. The van der Waals surface area contributed by atoms with Crippen LogP contribution in [-0.2, 0) is 12.7 Å². The minimum absolute atomic E-state index is 0.0178. The molecular formula is C30H30F3NO2. The Balaban J connectivity index is 1.43. The Labute approximate surface area is 210 Å². The van der Waals surface area contributed by atoms with Gasteiger partial charge < -0.3 is 9.84 Å². The molecule has 1 atom stereocenters. The van der Waals surface area contributed by atoms with Gasteiger partial charge in [-0.15, -0.1) is 0 Å². The molecule has 3 aromatic rings. The van der Waals surface area contributed by atoms with Crippen LogP contribution in [0.5, 0.6) is 5.75 Å². The minimum Gasteiger partial charge on any atom is -0.491 e. The summed E-state index contributed by atoms with van der Waals surface area (Å²) in [4.78, 5) is 2.19. The highest BCUT2D eigenvalue weighted by Gasteiger charge is 2.30. The van der Waals surface area contributed by atoms with E-state index in [0.29, 0.717) is 25.4 Å². The molecule has 0 heterocycles. The van der Waals surface area contributed by atoms with Crippen molar-refractivity contribution in [1.29, 1.82) is 0 Å². The summed E-state index contributed by atoms with van der Waals surface area (Å²) in [5, 5.41) is 10.8. The molecule has 0 amide bonds. The second-order valence-electron chi connectivity index (χ2n) is 9.03. The van der Waals surface area contributed by atoms with Crippen LogP contribution in [0.2, 0.25) is 0 Å². The Hall–Kier alpha value is -3.35. The highest BCUT2D eigenvalue weighted by molar-refractivity contribution is 5.81. The first-order valence-corrected chi connectivity index (χ1v) is 12.0. The first-order valence-electron chi connectivity index (χ1n) is 12.0. The number of allylic oxidation sites excluding steroid dienone is 2. The van der Waals surface area contributed by atoms with E-state index in [2.05, 4.69) is 48.2 Å². The number of benzene rings is 3. The second kappa shape index (κ2) is 11.6. The molecule has 1 unspecified atom stereocenters. The van der Waals surface area contributed by atoms with Crippen LogP contribution < -0.4 is 4.74 Å². The van der Waals surface area contributed by atoms with Crippen molar-refractivity contribution >= 4 is 5.57 Å². The molecule has 0 radical (unpaired) electrons. The Bertz CT molecular complexity index is 1200. The second-order valence-corrected chi connectivity index (χ2v) is 9.03. The van der Waals surface area contributed by atoms with E-state index in [1.165, 1.54) is 40.0 Å². The van der Waals surface area contributed by atoms with Crippen molar-refractivity contribution in [2.45, 2.75) is 32.2 Å². The number of ether oxygens (including phenoxy) is 1. The molecule has 3 nitrogen and oxygen atoms in total. The van der Waals surface area contributed by atoms with Crippen molar-refractivity contribution in [2.75, 3.05) is 19.7 Å². The summed E-state index contributed by atoms with van der Waals surface area (Å²) in [6, 6.07) is 23.0. The molecule has 0 fully saturated rings. The maximum absolute atomic E-state index is 12.8. The average molecular weight is 494 g/mol. The first kappa shape index (κ1) is 25.7. The molecule has 0 bridgehead atoms. The summed E-state index contributed by atoms with van der Waals surface area (Å²) in [6.07, 6.45) is 0.106. The Kier molecular flexibility index (Phi) is 8.28. The van der Waals surface area contributed by atoms with Gasteiger partial charge in [0.25, 0.3) is 0 Å². The van der Waals surface area contributed by atoms with Gasteiger partial charge in [0.15, 0.2) is 0 Å². The third kappa shape index (κ3) is 6.86. The van der Waals surface area contributed by atoms with Gasteiger partial charge in [-0.3, -0.25) is 4.90 Å². The predicted octanol–water partition coefficient (Wildman–Crippen LogP) is 6.67. The van der Waals surface area contributed by atoms with Crippen molar-refractivity contribution in [3.63, 3.8) is 0 Å². The van der Waals surface area contributed by atoms with Gasteiger partial charge in [0, 0.05) is 19.6 Å². The lowest BCUT2D eigenvalue weighted by atomic mass is 10.00. The molecule has 0 saturated carbocycles. The quantitative estimate of drug-likeness (QED) is 0.342. The van der Waals surface area contributed by atoms with E-state index in [9.17, 15) is 18.3 Å². The van der Waals surface area contributed by atoms with Crippen LogP contribution >= 0.6 is 0 Å². The number of aliphatic hydroxyl groups is 1. The Morgan fingerprint density at radius 2 is 1.58 bits per heavy atom. The molecule has 0 aromatic heterocycles. The normalized spacial score (nSPS) is 14.5. The van der Waals surface area contributed by atoms with Crippen molar-refractivity contribution < 1.29 is 23.0 Å². The van der Waals surface area contributed by atoms with Crippen LogP contribution in [0.4, 0.5) is 13.2 Å². The van der Waals surface area contributed by atoms with E-state index in [-0.39, 0.29) is 6.61 Å². The van der Waals surface area contributed by atoms with Gasteiger partial charge in [-0.05, 0) is 65.4 Å². The van der Waals surface area contributed by atoms with Gasteiger partial charge in [-0.1, -0.05) is 66.7 Å². The van der Waals surface area contributed by atoms with E-state index in [1.807, 2.05) is 30.3 Å². The highest BCUT2D eigenvalue weighted by atomic mass is 19.4. The fourth-order valence-electron chi connectivity index (χ4n) is 4.37. The standard InChI is InChI=1S/C30H30F3NO2/c1-22-8-5-6-11-24(22)18-34(19-25-12-7-13-29(25)23-9-3-2-4-10-23)20-27(35)21-36-28-16-14-26(15-17-28)30(31,32)33/h2-6,8-17,27,35H,7,18-21H2,1H3. The van der Waals surface area contributed by atoms with Crippen LogP contribution in [0, 0.1) is 6.92 Å². The third-order valence-corrected chi connectivity index (χ3v) is 6.26. The van der Waals surface area contributed by atoms with E-state index in [1.54, 1.807) is 0 Å². The van der Waals surface area contributed by atoms with Gasteiger partial charge >= 0.3 is 6.18 Å². The van der Waals surface area contributed by atoms with E-state index in [0.717, 1.165) is 18.6 Å². The molecule has 4 rings (SSSR count). The Morgan fingerprint density at radius 1 is 0.889 bits per heavy atom. The van der Waals surface area contributed by atoms with Gasteiger partial charge in [0.2, 0.25) is 0 Å². The number of halogens is 3. The number of hydrogen-bond acceptors (Lipinski definition) is 3. The van der Waals surface area contributed by atoms with Crippen LogP contribution in [0.25, 0.3) is 5.57 Å². The summed E-state index contributed by atoms with van der Waals surface area (Å²) in [5.74, 6) is 0.292. The summed E-state index contributed by atoms with van der Waals surface area (Å²) in [7, 11) is 0. The maximum atomic E-state index is 12.8. The smallest absolute Gasteiger partial charge is 0.416 e. The van der Waals surface area contributed by atoms with Gasteiger partial charge in [-0.25, -0.2) is 0 Å². The molecule has 1 N–H and O–H groups in total. The van der Waals surface area contributed by atoms with Crippen molar-refractivity contribution in [2.24, 2.45) is 0 Å². The largest absolute Gasteiger partial charge is 0.491 e. The predicted molar refractivity (Wildman–Crippen MR) is 137 cm³/mol. The van der Waals surface area contributed by atoms with Crippen molar-refractivity contribution in [3.05, 3.63) is 119 Å². The van der Waals surface area contributed by atoms with Gasteiger partial charge in [-0.2, -0.15) is 13.2 Å².